The van der Waals surface area contributed by atoms with Gasteiger partial charge in [-0.1, -0.05) is 13.0 Å². The molecule has 0 aliphatic carbocycles. The van der Waals surface area contributed by atoms with E-state index in [1.807, 2.05) is 0 Å². The number of likely N-dealkylation sites (N-methyl/N-ethyl adjacent to an activating group) is 2. The molecule has 0 aromatic carbocycles. The van der Waals surface area contributed by atoms with E-state index in [0.717, 1.165) is 0 Å². The van der Waals surface area contributed by atoms with Crippen molar-refractivity contribution in [3.63, 3.8) is 0 Å². The van der Waals surface area contributed by atoms with Crippen LogP contribution >= 0.6 is 0 Å². The first-order valence-electron chi connectivity index (χ1n) is 2.53. The molecule has 0 bridgehead atoms. The van der Waals surface area contributed by atoms with Gasteiger partial charge >= 0.3 is 58.2 Å². The molecule has 0 radical (unpaired) electrons. The third-order valence-corrected chi connectivity index (χ3v) is 1.01. The van der Waals surface area contributed by atoms with Crippen LogP contribution in [0.15, 0.2) is 0 Å². The Bertz CT molecular complexity index is 87.0. The van der Waals surface area contributed by atoms with Crippen LogP contribution in [0.3, 0.4) is 0 Å². The van der Waals surface area contributed by atoms with Gasteiger partial charge in [0.25, 0.3) is 0 Å². The zero-order valence-electron chi connectivity index (χ0n) is 6.43. The van der Waals surface area contributed by atoms with Crippen molar-refractivity contribution in [2.75, 3.05) is 14.1 Å². The van der Waals surface area contributed by atoms with Crippen LogP contribution in [0.1, 0.15) is 6.92 Å². The summed E-state index contributed by atoms with van der Waals surface area (Å²) >= 11 is 0. The third-order valence-electron chi connectivity index (χ3n) is 1.01. The molecule has 1 amide bonds. The van der Waals surface area contributed by atoms with Crippen molar-refractivity contribution in [1.82, 2.24) is 5.32 Å². The van der Waals surface area contributed by atoms with Crippen LogP contribution in [0.4, 0.5) is 0 Å². The molecule has 48 valence electrons. The molecule has 0 aromatic rings. The number of hydrogen-bond acceptors (Lipinski definition) is 1. The van der Waals surface area contributed by atoms with Crippen LogP contribution in [0.2, 0.25) is 0 Å². The number of nitrogens with zero attached hydrogens (tertiary/aromatic N) is 1. The molecular weight excluding hydrogens is 190 g/mol. The van der Waals surface area contributed by atoms with Crippen LogP contribution in [-0.2, 0) is 4.79 Å². The molecule has 9 heavy (non-hydrogen) atoms. The molecule has 0 spiro atoms. The number of amides is 1. The predicted octanol–water partition coefficient (Wildman–Crippen LogP) is -2.87. The fourth-order valence-corrected chi connectivity index (χ4v) is 0.326. The van der Waals surface area contributed by atoms with Gasteiger partial charge in [-0.15, -0.1) is 0 Å². The third kappa shape index (κ3) is 5.67. The van der Waals surface area contributed by atoms with E-state index >= 15 is 0 Å². The summed E-state index contributed by atoms with van der Waals surface area (Å²) in [6, 6.07) is -0.208. The Balaban J connectivity index is 0. The summed E-state index contributed by atoms with van der Waals surface area (Å²) in [6.07, 6.45) is 0. The maximum Gasteiger partial charge on any atom is 1.00 e. The standard InChI is InChI=1S/C5H11N2O.Rb/c1-4(6-2)5(8)7-3;/h4H,1-3H3,(H,7,8);/q-1;+1. The molecule has 1 unspecified atom stereocenters. The molecule has 0 saturated heterocycles. The van der Waals surface area contributed by atoms with E-state index in [9.17, 15) is 4.79 Å². The van der Waals surface area contributed by atoms with E-state index in [1.165, 1.54) is 0 Å². The maximum absolute atomic E-state index is 10.5. The molecular formula is C5H11N2ORb. The molecule has 0 aliphatic rings. The average molecular weight is 201 g/mol. The van der Waals surface area contributed by atoms with Gasteiger partial charge in [0.2, 0.25) is 5.91 Å². The second-order valence-corrected chi connectivity index (χ2v) is 1.55. The van der Waals surface area contributed by atoms with E-state index < -0.39 is 0 Å². The van der Waals surface area contributed by atoms with E-state index in [1.54, 1.807) is 21.0 Å². The van der Waals surface area contributed by atoms with Crippen LogP contribution in [0.25, 0.3) is 5.32 Å². The molecule has 1 N–H and O–H groups in total. The van der Waals surface area contributed by atoms with Crippen molar-refractivity contribution in [2.45, 2.75) is 13.0 Å². The minimum absolute atomic E-state index is 0. The summed E-state index contributed by atoms with van der Waals surface area (Å²) in [5.74, 6) is -0.0347. The molecule has 4 heteroatoms. The first kappa shape index (κ1) is 12.9. The monoisotopic (exact) mass is 200 g/mol. The molecule has 1 atom stereocenters. The molecule has 0 rings (SSSR count). The normalized spacial score (nSPS) is 11.4. The van der Waals surface area contributed by atoms with Crippen molar-refractivity contribution in [3.8, 4) is 0 Å². The summed E-state index contributed by atoms with van der Waals surface area (Å²) in [5.41, 5.74) is 0. The Morgan fingerprint density at radius 1 is 1.67 bits per heavy atom. The SMILES string of the molecule is C[N-]C(C)C(=O)NC.[Rb+]. The smallest absolute Gasteiger partial charge is 0.655 e. The Labute approximate surface area is 105 Å². The molecule has 0 aliphatic heterocycles. The molecule has 3 nitrogen and oxygen atoms in total. The number of hydrogen-bond donors (Lipinski definition) is 1. The van der Waals surface area contributed by atoms with Crippen LogP contribution < -0.4 is 63.5 Å². The fraction of sp³-hybridized carbons (Fsp3) is 0.800. The van der Waals surface area contributed by atoms with Crippen molar-refractivity contribution in [1.29, 1.82) is 0 Å². The predicted molar refractivity (Wildman–Crippen MR) is 32.8 cm³/mol. The maximum atomic E-state index is 10.5. The first-order chi connectivity index (χ1) is 3.72. The van der Waals surface area contributed by atoms with Crippen LogP contribution in [0.5, 0.6) is 0 Å². The van der Waals surface area contributed by atoms with E-state index in [-0.39, 0.29) is 70.1 Å². The molecule has 0 heterocycles. The zero-order valence-corrected chi connectivity index (χ0v) is 11.3. The van der Waals surface area contributed by atoms with Gasteiger partial charge in [-0.2, -0.15) is 7.05 Å². The fourth-order valence-electron chi connectivity index (χ4n) is 0.326. The summed E-state index contributed by atoms with van der Waals surface area (Å²) in [7, 11) is 3.23. The Morgan fingerprint density at radius 2 is 2.11 bits per heavy atom. The van der Waals surface area contributed by atoms with Crippen LogP contribution in [-0.4, -0.2) is 26.0 Å². The van der Waals surface area contributed by atoms with Gasteiger partial charge in [-0.25, -0.2) is 0 Å². The number of carbonyl (C=O) groups excluding carboxylic acids is 1. The van der Waals surface area contributed by atoms with Crippen molar-refractivity contribution >= 4 is 5.91 Å². The second kappa shape index (κ2) is 7.34. The van der Waals surface area contributed by atoms with Gasteiger partial charge in [-0.05, 0) is 0 Å². The number of nitrogens with one attached hydrogen (secondary N) is 1. The largest absolute Gasteiger partial charge is 1.00 e. The van der Waals surface area contributed by atoms with Gasteiger partial charge in [0.15, 0.2) is 0 Å². The van der Waals surface area contributed by atoms with Gasteiger partial charge in [0.05, 0.1) is 0 Å². The second-order valence-electron chi connectivity index (χ2n) is 1.55. The Kier molecular flexibility index (Phi) is 10.5. The van der Waals surface area contributed by atoms with Gasteiger partial charge < -0.3 is 10.6 Å². The summed E-state index contributed by atoms with van der Waals surface area (Å²) in [6.45, 7) is 1.75. The molecule has 0 aromatic heterocycles. The topological polar surface area (TPSA) is 43.2 Å². The zero-order chi connectivity index (χ0) is 6.57. The average Bonchev–Trinajstić information content (AvgIpc) is 1.84. The number of carbonyl (C=O) groups is 1. The summed E-state index contributed by atoms with van der Waals surface area (Å²) in [4.78, 5) is 10.5. The summed E-state index contributed by atoms with van der Waals surface area (Å²) in [5, 5.41) is 6.23. The first-order valence-corrected chi connectivity index (χ1v) is 2.53. The minimum atomic E-state index is -0.208. The molecule has 0 fully saturated rings. The van der Waals surface area contributed by atoms with Gasteiger partial charge in [0, 0.05) is 7.05 Å². The van der Waals surface area contributed by atoms with Crippen molar-refractivity contribution in [2.24, 2.45) is 0 Å². The number of rotatable bonds is 2. The van der Waals surface area contributed by atoms with Gasteiger partial charge in [0.1, 0.15) is 0 Å². The molecule has 0 saturated carbocycles. The van der Waals surface area contributed by atoms with Crippen molar-refractivity contribution < 1.29 is 63.0 Å². The van der Waals surface area contributed by atoms with Gasteiger partial charge in [-0.3, -0.25) is 4.79 Å². The quantitative estimate of drug-likeness (QED) is 0.512. The van der Waals surface area contributed by atoms with Crippen molar-refractivity contribution in [3.05, 3.63) is 5.32 Å². The van der Waals surface area contributed by atoms with Crippen LogP contribution in [0, 0.1) is 0 Å². The van der Waals surface area contributed by atoms with E-state index in [4.69, 9.17) is 0 Å². The Hall–Kier alpha value is 1.24. The summed E-state index contributed by atoms with van der Waals surface area (Å²) < 4.78 is 0. The minimum Gasteiger partial charge on any atom is -0.655 e. The Morgan fingerprint density at radius 3 is 2.22 bits per heavy atom. The van der Waals surface area contributed by atoms with E-state index in [0.29, 0.717) is 0 Å². The van der Waals surface area contributed by atoms with E-state index in [2.05, 4.69) is 10.6 Å².